The topological polar surface area (TPSA) is 9.23 Å². The van der Waals surface area contributed by atoms with Gasteiger partial charge in [-0.1, -0.05) is 41.9 Å². The third kappa shape index (κ3) is 3.33. The lowest BCUT2D eigenvalue weighted by Gasteiger charge is -2.10. The summed E-state index contributed by atoms with van der Waals surface area (Å²) in [6.45, 7) is 5.18. The van der Waals surface area contributed by atoms with Crippen molar-refractivity contribution < 1.29 is 4.74 Å². The van der Waals surface area contributed by atoms with Gasteiger partial charge in [0.1, 0.15) is 5.75 Å². The molecule has 1 rings (SSSR count). The van der Waals surface area contributed by atoms with E-state index in [0.29, 0.717) is 5.92 Å². The van der Waals surface area contributed by atoms with Crippen LogP contribution >= 0.6 is 15.9 Å². The summed E-state index contributed by atoms with van der Waals surface area (Å²) < 4.78 is 5.48. The minimum absolute atomic E-state index is 0.639. The molecule has 0 radical (unpaired) electrons. The second-order valence-electron chi connectivity index (χ2n) is 3.42. The van der Waals surface area contributed by atoms with Gasteiger partial charge in [-0.05, 0) is 30.0 Å². The molecule has 0 aliphatic heterocycles. The Bertz CT molecular complexity index is 256. The molecule has 1 aromatic carbocycles. The molecule has 0 aliphatic rings. The Kier molecular flexibility index (Phi) is 5.02. The summed E-state index contributed by atoms with van der Waals surface area (Å²) in [5.74, 6) is 1.59. The highest BCUT2D eigenvalue weighted by Gasteiger charge is 2.02. The van der Waals surface area contributed by atoms with E-state index in [0.717, 1.165) is 17.7 Å². The largest absolute Gasteiger partial charge is 0.493 e. The van der Waals surface area contributed by atoms with Gasteiger partial charge in [-0.2, -0.15) is 0 Å². The minimum atomic E-state index is 0.639. The Morgan fingerprint density at radius 1 is 1.29 bits per heavy atom. The first-order valence-corrected chi connectivity index (χ1v) is 6.18. The van der Waals surface area contributed by atoms with Crippen LogP contribution in [-0.4, -0.2) is 11.9 Å². The average Bonchev–Trinajstić information content (AvgIpc) is 2.26. The van der Waals surface area contributed by atoms with Gasteiger partial charge in [0.15, 0.2) is 0 Å². The van der Waals surface area contributed by atoms with Gasteiger partial charge >= 0.3 is 0 Å². The summed E-state index contributed by atoms with van der Waals surface area (Å²) in [4.78, 5) is 0. The van der Waals surface area contributed by atoms with Crippen molar-refractivity contribution >= 4 is 15.9 Å². The molecule has 1 aromatic rings. The smallest absolute Gasteiger partial charge is 0.119 e. The number of alkyl halides is 1. The first-order chi connectivity index (χ1) is 6.77. The van der Waals surface area contributed by atoms with Gasteiger partial charge < -0.3 is 4.74 Å². The van der Waals surface area contributed by atoms with Gasteiger partial charge in [-0.3, -0.25) is 0 Å². The van der Waals surface area contributed by atoms with E-state index in [1.807, 2.05) is 12.1 Å². The van der Waals surface area contributed by atoms with Crippen LogP contribution in [0.3, 0.4) is 0 Å². The summed E-state index contributed by atoms with van der Waals surface area (Å²) in [6.07, 6.45) is 1.18. The van der Waals surface area contributed by atoms with Crippen LogP contribution in [0, 0.1) is 0 Å². The van der Waals surface area contributed by atoms with Crippen LogP contribution in [0.15, 0.2) is 24.3 Å². The van der Waals surface area contributed by atoms with Crippen LogP contribution in [0.1, 0.15) is 31.7 Å². The zero-order valence-electron chi connectivity index (χ0n) is 8.79. The van der Waals surface area contributed by atoms with E-state index in [1.165, 1.54) is 12.0 Å². The number of benzene rings is 1. The molecular weight excluding hydrogens is 240 g/mol. The van der Waals surface area contributed by atoms with Crippen molar-refractivity contribution in [3.8, 4) is 5.75 Å². The van der Waals surface area contributed by atoms with Crippen LogP contribution in [0.5, 0.6) is 5.75 Å². The van der Waals surface area contributed by atoms with Crippen molar-refractivity contribution in [2.24, 2.45) is 0 Å². The van der Waals surface area contributed by atoms with Crippen LogP contribution in [0.2, 0.25) is 0 Å². The maximum atomic E-state index is 5.48. The molecule has 1 atom stereocenters. The predicted molar refractivity (Wildman–Crippen MR) is 64.4 cm³/mol. The Balaban J connectivity index is 2.59. The number of hydrogen-bond donors (Lipinski definition) is 0. The molecule has 0 amide bonds. The molecule has 0 spiro atoms. The lowest BCUT2D eigenvalue weighted by molar-refractivity contribution is 0.345. The molecule has 0 aromatic heterocycles. The van der Waals surface area contributed by atoms with Gasteiger partial charge in [0.05, 0.1) is 6.61 Å². The average molecular weight is 257 g/mol. The molecule has 14 heavy (non-hydrogen) atoms. The zero-order chi connectivity index (χ0) is 10.4. The highest BCUT2D eigenvalue weighted by molar-refractivity contribution is 9.09. The van der Waals surface area contributed by atoms with Crippen molar-refractivity contribution in [1.29, 1.82) is 0 Å². The van der Waals surface area contributed by atoms with Gasteiger partial charge in [0.2, 0.25) is 0 Å². The molecular formula is C12H17BrO. The molecule has 0 saturated carbocycles. The monoisotopic (exact) mass is 256 g/mol. The van der Waals surface area contributed by atoms with Crippen LogP contribution in [-0.2, 0) is 0 Å². The van der Waals surface area contributed by atoms with E-state index >= 15 is 0 Å². The summed E-state index contributed by atoms with van der Waals surface area (Å²) in [5.41, 5.74) is 1.39. The first kappa shape index (κ1) is 11.6. The van der Waals surface area contributed by atoms with Crippen LogP contribution < -0.4 is 4.74 Å². The molecule has 0 N–H and O–H groups in total. The number of rotatable bonds is 5. The fourth-order valence-corrected chi connectivity index (χ4v) is 1.45. The third-order valence-corrected chi connectivity index (χ3v) is 2.73. The Labute approximate surface area is 94.6 Å². The first-order valence-electron chi connectivity index (χ1n) is 5.06. The number of halogens is 1. The van der Waals surface area contributed by atoms with Gasteiger partial charge in [-0.25, -0.2) is 0 Å². The highest BCUT2D eigenvalue weighted by atomic mass is 79.9. The number of ether oxygens (including phenoxy) is 1. The number of hydrogen-bond acceptors (Lipinski definition) is 1. The van der Waals surface area contributed by atoms with E-state index in [1.54, 1.807) is 0 Å². The summed E-state index contributed by atoms with van der Waals surface area (Å²) in [6, 6.07) is 8.39. The Morgan fingerprint density at radius 2 is 1.93 bits per heavy atom. The molecule has 0 fully saturated rings. The van der Waals surface area contributed by atoms with E-state index in [-0.39, 0.29) is 0 Å². The maximum Gasteiger partial charge on any atom is 0.119 e. The molecule has 0 bridgehead atoms. The van der Waals surface area contributed by atoms with E-state index in [2.05, 4.69) is 41.9 Å². The molecule has 0 saturated heterocycles. The van der Waals surface area contributed by atoms with Crippen LogP contribution in [0.25, 0.3) is 0 Å². The predicted octanol–water partition coefficient (Wildman–Crippen LogP) is 3.97. The summed E-state index contributed by atoms with van der Waals surface area (Å²) in [5, 5.41) is 0.875. The minimum Gasteiger partial charge on any atom is -0.493 e. The van der Waals surface area contributed by atoms with Crippen molar-refractivity contribution in [3.63, 3.8) is 0 Å². The lowest BCUT2D eigenvalue weighted by Crippen LogP contribution is -1.98. The van der Waals surface area contributed by atoms with E-state index < -0.39 is 0 Å². The normalized spacial score (nSPS) is 12.5. The molecule has 0 aliphatic carbocycles. The Hall–Kier alpha value is -0.500. The molecule has 2 heteroatoms. The van der Waals surface area contributed by atoms with Crippen molar-refractivity contribution in [3.05, 3.63) is 29.8 Å². The van der Waals surface area contributed by atoms with E-state index in [4.69, 9.17) is 4.74 Å². The molecule has 0 heterocycles. The molecule has 1 unspecified atom stereocenters. The second-order valence-corrected chi connectivity index (χ2v) is 4.21. The lowest BCUT2D eigenvalue weighted by atomic mass is 9.99. The molecule has 1 nitrogen and oxygen atoms in total. The quantitative estimate of drug-likeness (QED) is 0.725. The molecule has 78 valence electrons. The third-order valence-electron chi connectivity index (χ3n) is 2.41. The van der Waals surface area contributed by atoms with Crippen molar-refractivity contribution in [1.82, 2.24) is 0 Å². The highest BCUT2D eigenvalue weighted by Crippen LogP contribution is 2.21. The van der Waals surface area contributed by atoms with Crippen molar-refractivity contribution in [2.75, 3.05) is 11.9 Å². The summed E-state index contributed by atoms with van der Waals surface area (Å²) >= 11 is 3.33. The van der Waals surface area contributed by atoms with Crippen molar-refractivity contribution in [2.45, 2.75) is 26.2 Å². The fourth-order valence-electron chi connectivity index (χ4n) is 1.28. The second kappa shape index (κ2) is 6.07. The Morgan fingerprint density at radius 3 is 2.43 bits per heavy atom. The van der Waals surface area contributed by atoms with Gasteiger partial charge in [-0.15, -0.1) is 0 Å². The maximum absolute atomic E-state index is 5.48. The van der Waals surface area contributed by atoms with Gasteiger partial charge in [0.25, 0.3) is 0 Å². The van der Waals surface area contributed by atoms with Crippen LogP contribution in [0.4, 0.5) is 0 Å². The SMILES string of the molecule is CCC(C)c1ccc(OCCBr)cc1. The standard InChI is InChI=1S/C12H17BrO/c1-3-10(2)11-4-6-12(7-5-11)14-9-8-13/h4-7,10H,3,8-9H2,1-2H3. The van der Waals surface area contributed by atoms with E-state index in [9.17, 15) is 0 Å². The zero-order valence-corrected chi connectivity index (χ0v) is 10.4. The van der Waals surface area contributed by atoms with Gasteiger partial charge in [0, 0.05) is 5.33 Å². The fraction of sp³-hybridized carbons (Fsp3) is 0.500. The summed E-state index contributed by atoms with van der Waals surface area (Å²) in [7, 11) is 0.